The molecular weight excluding hydrogens is 1020 g/mol. The third-order valence-corrected chi connectivity index (χ3v) is 13.6. The third kappa shape index (κ3) is 17.4. The Morgan fingerprint density at radius 2 is 0.484 bits per heavy atom. The topological polar surface area (TPSA) is 284 Å². The molecule has 0 amide bonds. The van der Waals surface area contributed by atoms with Gasteiger partial charge in [-0.1, -0.05) is 27.7 Å². The van der Waals surface area contributed by atoms with Gasteiger partial charge in [-0.2, -0.15) is 0 Å². The molecule has 20 nitrogen and oxygen atoms in total. The van der Waals surface area contributed by atoms with Gasteiger partial charge in [0.25, 0.3) is 0 Å². The SMILES string of the molecule is COC1OC(CO)C(CO)C(CO)C1C.COCC1OC(OC)C(C)C(CO)C1CO.COCC1OC(OC)C(C)C(CO)C1CO.COCC1OC(OC)C(C)C(CO)C1CO.[W]. The van der Waals surface area contributed by atoms with Crippen molar-refractivity contribution in [1.82, 2.24) is 0 Å². The van der Waals surface area contributed by atoms with E-state index in [1.165, 1.54) is 7.11 Å². The molecule has 0 aromatic carbocycles. The zero-order chi connectivity index (χ0) is 47.8. The minimum atomic E-state index is -0.465. The Bertz CT molecular complexity index is 1010. The molecule has 4 heterocycles. The number of aliphatic hydroxyl groups is 9. The molecule has 0 bridgehead atoms. The number of hydrogen-bond donors (Lipinski definition) is 9. The molecule has 4 fully saturated rings. The van der Waals surface area contributed by atoms with E-state index in [1.54, 1.807) is 42.7 Å². The fourth-order valence-corrected chi connectivity index (χ4v) is 9.52. The first-order chi connectivity index (χ1) is 30.3. The van der Waals surface area contributed by atoms with Crippen molar-refractivity contribution in [2.24, 2.45) is 71.0 Å². The van der Waals surface area contributed by atoms with Crippen LogP contribution in [0.25, 0.3) is 0 Å². The molecule has 384 valence electrons. The summed E-state index contributed by atoms with van der Waals surface area (Å²) in [6.45, 7) is 8.70. The van der Waals surface area contributed by atoms with Gasteiger partial charge >= 0.3 is 0 Å². The van der Waals surface area contributed by atoms with Gasteiger partial charge in [0.05, 0.1) is 50.8 Å². The van der Waals surface area contributed by atoms with Crippen molar-refractivity contribution in [2.45, 2.75) is 77.3 Å². The Morgan fingerprint density at radius 1 is 0.297 bits per heavy atom. The molecule has 0 aromatic heterocycles. The molecule has 4 aliphatic heterocycles. The average Bonchev–Trinajstić information content (AvgIpc) is 3.30. The number of methoxy groups -OCH3 is 7. The van der Waals surface area contributed by atoms with Crippen LogP contribution in [0.1, 0.15) is 27.7 Å². The molecule has 20 unspecified atom stereocenters. The van der Waals surface area contributed by atoms with Crippen molar-refractivity contribution in [3.63, 3.8) is 0 Å². The van der Waals surface area contributed by atoms with Crippen molar-refractivity contribution >= 4 is 0 Å². The van der Waals surface area contributed by atoms with Crippen molar-refractivity contribution < 1.29 is 119 Å². The van der Waals surface area contributed by atoms with Crippen LogP contribution in [0.3, 0.4) is 0 Å². The van der Waals surface area contributed by atoms with Crippen LogP contribution in [0.5, 0.6) is 0 Å². The zero-order valence-corrected chi connectivity index (χ0v) is 42.9. The molecule has 64 heavy (non-hydrogen) atoms. The Hall–Kier alpha value is -0.112. The maximum absolute atomic E-state index is 9.40. The van der Waals surface area contributed by atoms with E-state index < -0.39 is 12.4 Å². The summed E-state index contributed by atoms with van der Waals surface area (Å²) in [4.78, 5) is 0. The molecular formula is C43H86O20W. The summed E-state index contributed by atoms with van der Waals surface area (Å²) >= 11 is 0. The van der Waals surface area contributed by atoms with Crippen molar-refractivity contribution in [2.75, 3.05) is 129 Å². The van der Waals surface area contributed by atoms with Gasteiger partial charge in [0.2, 0.25) is 0 Å². The summed E-state index contributed by atoms with van der Waals surface area (Å²) in [7, 11) is 11.0. The monoisotopic (exact) mass is 1110 g/mol. The van der Waals surface area contributed by atoms with Crippen LogP contribution < -0.4 is 0 Å². The van der Waals surface area contributed by atoms with Crippen molar-refractivity contribution in [3.8, 4) is 0 Å². The van der Waals surface area contributed by atoms with E-state index in [-0.39, 0.29) is 189 Å². The van der Waals surface area contributed by atoms with Crippen LogP contribution in [0.4, 0.5) is 0 Å². The fraction of sp³-hybridized carbons (Fsp3) is 1.00. The summed E-state index contributed by atoms with van der Waals surface area (Å²) in [6, 6.07) is 0. The second-order valence-electron chi connectivity index (χ2n) is 16.9. The molecule has 0 aliphatic carbocycles. The first-order valence-corrected chi connectivity index (χ1v) is 21.9. The van der Waals surface area contributed by atoms with Crippen LogP contribution >= 0.6 is 0 Å². The quantitative estimate of drug-likeness (QED) is 0.0733. The second-order valence-corrected chi connectivity index (χ2v) is 16.9. The Morgan fingerprint density at radius 3 is 0.641 bits per heavy atom. The maximum atomic E-state index is 9.40. The molecule has 9 N–H and O–H groups in total. The molecule has 0 spiro atoms. The van der Waals surface area contributed by atoms with E-state index in [0.717, 1.165) is 0 Å². The second kappa shape index (κ2) is 35.1. The molecule has 4 aliphatic rings. The van der Waals surface area contributed by atoms with Crippen LogP contribution in [0.15, 0.2) is 0 Å². The summed E-state index contributed by atoms with van der Waals surface area (Å²) < 4.78 is 58.6. The van der Waals surface area contributed by atoms with Gasteiger partial charge in [-0.15, -0.1) is 0 Å². The Kier molecular flexibility index (Phi) is 35.0. The van der Waals surface area contributed by atoms with E-state index in [9.17, 15) is 40.9 Å². The molecule has 4 saturated heterocycles. The zero-order valence-electron chi connectivity index (χ0n) is 40.0. The normalized spacial score (nSPS) is 39.8. The molecule has 20 atom stereocenters. The van der Waals surface area contributed by atoms with E-state index in [1.807, 2.05) is 27.7 Å². The van der Waals surface area contributed by atoms with Gasteiger partial charge in [0.15, 0.2) is 25.2 Å². The molecule has 0 saturated carbocycles. The van der Waals surface area contributed by atoms with Crippen LogP contribution in [-0.4, -0.2) is 225 Å². The third-order valence-electron chi connectivity index (χ3n) is 13.6. The van der Waals surface area contributed by atoms with E-state index in [2.05, 4.69) is 0 Å². The van der Waals surface area contributed by atoms with E-state index in [0.29, 0.717) is 19.8 Å². The van der Waals surface area contributed by atoms with Crippen LogP contribution in [-0.2, 0) is 73.2 Å². The summed E-state index contributed by atoms with van der Waals surface area (Å²) in [6.07, 6.45) is -2.62. The Labute approximate surface area is 395 Å². The van der Waals surface area contributed by atoms with Gasteiger partial charge in [-0.25, -0.2) is 0 Å². The first kappa shape index (κ1) is 63.9. The van der Waals surface area contributed by atoms with Crippen molar-refractivity contribution in [1.29, 1.82) is 0 Å². The minimum absolute atomic E-state index is 0. The number of ether oxygens (including phenoxy) is 11. The van der Waals surface area contributed by atoms with Crippen LogP contribution in [0, 0.1) is 71.0 Å². The predicted octanol–water partition coefficient (Wildman–Crippen LogP) is -1.23. The number of rotatable bonds is 19. The molecule has 0 radical (unpaired) electrons. The summed E-state index contributed by atoms with van der Waals surface area (Å²) in [5.74, 6) is -0.562. The first-order valence-electron chi connectivity index (χ1n) is 21.9. The van der Waals surface area contributed by atoms with Gasteiger partial charge in [0.1, 0.15) is 0 Å². The summed E-state index contributed by atoms with van der Waals surface area (Å²) in [5.41, 5.74) is 0. The minimum Gasteiger partial charge on any atom is -0.396 e. The van der Waals surface area contributed by atoms with E-state index >= 15 is 0 Å². The number of aliphatic hydroxyl groups excluding tert-OH is 9. The Balaban J connectivity index is 0.000000823. The van der Waals surface area contributed by atoms with Gasteiger partial charge in [-0.05, 0) is 23.7 Å². The predicted molar refractivity (Wildman–Crippen MR) is 227 cm³/mol. The fourth-order valence-electron chi connectivity index (χ4n) is 9.52. The molecule has 4 rings (SSSR count). The van der Waals surface area contributed by atoms with E-state index in [4.69, 9.17) is 57.2 Å². The molecule has 21 heteroatoms. The number of hydrogen-bond acceptors (Lipinski definition) is 20. The smallest absolute Gasteiger partial charge is 0.160 e. The molecule has 0 aromatic rings. The van der Waals surface area contributed by atoms with Crippen LogP contribution in [0.2, 0.25) is 0 Å². The van der Waals surface area contributed by atoms with Gasteiger partial charge < -0.3 is 98.1 Å². The maximum Gasteiger partial charge on any atom is 0.160 e. The van der Waals surface area contributed by atoms with Crippen molar-refractivity contribution in [3.05, 3.63) is 0 Å². The standard InChI is InChI=1S/3C11H22O5.C10H20O5.W/c3*1-7-8(4-12)9(5-13)10(6-14-2)16-11(7)15-3;1-6-7(3-11)8(4-12)9(5-13)15-10(6)14-2;/h3*7-13H,4-6H2,1-3H3;6-13H,3-5H2,1-2H3;. The largest absolute Gasteiger partial charge is 0.396 e. The average molecular weight is 1110 g/mol. The van der Waals surface area contributed by atoms with Gasteiger partial charge in [-0.3, -0.25) is 0 Å². The summed E-state index contributed by atoms with van der Waals surface area (Å²) in [5, 5.41) is 84.0. The van der Waals surface area contributed by atoms with Gasteiger partial charge in [0, 0.05) is 171 Å².